The number of ether oxygens (including phenoxy) is 4. The third kappa shape index (κ3) is 5.29. The lowest BCUT2D eigenvalue weighted by Crippen LogP contribution is -2.15. The Labute approximate surface area is 172 Å². The average Bonchev–Trinajstić information content (AvgIpc) is 3.19. The number of rotatable bonds is 9. The van der Waals surface area contributed by atoms with Gasteiger partial charge in [0.25, 0.3) is 0 Å². The summed E-state index contributed by atoms with van der Waals surface area (Å²) in [4.78, 5) is 35.7. The molecule has 0 amide bonds. The first kappa shape index (κ1) is 20.7. The van der Waals surface area contributed by atoms with E-state index in [2.05, 4.69) is 0 Å². The number of thioether (sulfide) groups is 1. The van der Waals surface area contributed by atoms with Gasteiger partial charge in [0, 0.05) is 22.4 Å². The quantitative estimate of drug-likeness (QED) is 0.455. The molecule has 0 bridgehead atoms. The predicted molar refractivity (Wildman–Crippen MR) is 107 cm³/mol. The van der Waals surface area contributed by atoms with Crippen LogP contribution in [-0.4, -0.2) is 43.8 Å². The summed E-state index contributed by atoms with van der Waals surface area (Å²) in [6.45, 7) is 1.27. The van der Waals surface area contributed by atoms with Gasteiger partial charge in [-0.3, -0.25) is 14.4 Å². The highest BCUT2D eigenvalue weighted by Gasteiger charge is 2.17. The number of methoxy groups -OCH3 is 1. The van der Waals surface area contributed by atoms with E-state index in [9.17, 15) is 14.4 Å². The van der Waals surface area contributed by atoms with Gasteiger partial charge in [0.1, 0.15) is 5.75 Å². The summed E-state index contributed by atoms with van der Waals surface area (Å²) in [6.07, 6.45) is 0. The Bertz CT molecular complexity index is 939. The molecular formula is C21H20O7S. The summed E-state index contributed by atoms with van der Waals surface area (Å²) < 4.78 is 20.8. The zero-order valence-corrected chi connectivity index (χ0v) is 16.9. The van der Waals surface area contributed by atoms with Crippen molar-refractivity contribution in [3.8, 4) is 17.2 Å². The number of benzene rings is 2. The van der Waals surface area contributed by atoms with E-state index in [0.29, 0.717) is 34.1 Å². The van der Waals surface area contributed by atoms with Crippen LogP contribution in [0, 0.1) is 0 Å². The van der Waals surface area contributed by atoms with Crippen LogP contribution in [0.2, 0.25) is 0 Å². The second kappa shape index (κ2) is 9.47. The van der Waals surface area contributed by atoms with E-state index in [1.165, 1.54) is 18.7 Å². The van der Waals surface area contributed by atoms with E-state index in [0.717, 1.165) is 5.56 Å². The van der Waals surface area contributed by atoms with E-state index in [4.69, 9.17) is 18.9 Å². The fourth-order valence-corrected chi connectivity index (χ4v) is 3.49. The van der Waals surface area contributed by atoms with Gasteiger partial charge in [0.15, 0.2) is 29.7 Å². The maximum absolute atomic E-state index is 12.2. The van der Waals surface area contributed by atoms with Gasteiger partial charge in [-0.25, -0.2) is 0 Å². The number of ketones is 2. The average molecular weight is 416 g/mol. The largest absolute Gasteiger partial charge is 0.496 e. The molecule has 1 heterocycles. The molecule has 0 spiro atoms. The molecule has 3 rings (SSSR count). The first-order chi connectivity index (χ1) is 14.0. The van der Waals surface area contributed by atoms with Gasteiger partial charge < -0.3 is 18.9 Å². The van der Waals surface area contributed by atoms with Gasteiger partial charge in [-0.1, -0.05) is 0 Å². The summed E-state index contributed by atoms with van der Waals surface area (Å²) in [5.41, 5.74) is 1.79. The Morgan fingerprint density at radius 2 is 1.79 bits per heavy atom. The number of esters is 1. The van der Waals surface area contributed by atoms with Crippen LogP contribution in [0.4, 0.5) is 0 Å². The lowest BCUT2D eigenvalue weighted by molar-refractivity contribution is -0.139. The monoisotopic (exact) mass is 416 g/mol. The summed E-state index contributed by atoms with van der Waals surface area (Å²) in [6, 6.07) is 10.0. The Hall–Kier alpha value is -3.00. The first-order valence-electron chi connectivity index (χ1n) is 8.82. The van der Waals surface area contributed by atoms with E-state index >= 15 is 0 Å². The Balaban J connectivity index is 1.47. The smallest absolute Gasteiger partial charge is 0.316 e. The topological polar surface area (TPSA) is 88.1 Å². The molecule has 152 valence electrons. The highest BCUT2D eigenvalue weighted by atomic mass is 32.2. The van der Waals surface area contributed by atoms with Crippen molar-refractivity contribution in [2.24, 2.45) is 0 Å². The van der Waals surface area contributed by atoms with Crippen molar-refractivity contribution in [1.82, 2.24) is 0 Å². The van der Waals surface area contributed by atoms with Gasteiger partial charge in [0.05, 0.1) is 12.9 Å². The van der Waals surface area contributed by atoms with Crippen molar-refractivity contribution < 1.29 is 33.3 Å². The summed E-state index contributed by atoms with van der Waals surface area (Å²) in [5, 5.41) is 0. The third-order valence-electron chi connectivity index (χ3n) is 4.22. The molecule has 0 radical (unpaired) electrons. The van der Waals surface area contributed by atoms with Gasteiger partial charge in [-0.2, -0.15) is 0 Å². The number of fused-ring (bicyclic) bond motifs is 1. The van der Waals surface area contributed by atoms with Crippen LogP contribution in [-0.2, 0) is 15.3 Å². The van der Waals surface area contributed by atoms with Crippen molar-refractivity contribution in [1.29, 1.82) is 0 Å². The van der Waals surface area contributed by atoms with Crippen LogP contribution in [0.15, 0.2) is 36.4 Å². The lowest BCUT2D eigenvalue weighted by atomic mass is 10.1. The van der Waals surface area contributed by atoms with Gasteiger partial charge in [-0.15, -0.1) is 11.8 Å². The zero-order chi connectivity index (χ0) is 20.8. The molecule has 0 unspecified atom stereocenters. The van der Waals surface area contributed by atoms with Crippen LogP contribution >= 0.6 is 11.8 Å². The fraction of sp³-hybridized carbons (Fsp3) is 0.286. The minimum Gasteiger partial charge on any atom is -0.496 e. The predicted octanol–water partition coefficient (Wildman–Crippen LogP) is 3.29. The van der Waals surface area contributed by atoms with E-state index in [-0.39, 0.29) is 30.7 Å². The van der Waals surface area contributed by atoms with Crippen LogP contribution in [0.1, 0.15) is 33.2 Å². The van der Waals surface area contributed by atoms with E-state index < -0.39 is 5.97 Å². The van der Waals surface area contributed by atoms with Crippen molar-refractivity contribution in [3.05, 3.63) is 53.1 Å². The fourth-order valence-electron chi connectivity index (χ4n) is 2.70. The molecule has 0 aliphatic carbocycles. The molecule has 0 fully saturated rings. The molecule has 2 aromatic carbocycles. The van der Waals surface area contributed by atoms with Crippen molar-refractivity contribution in [3.63, 3.8) is 0 Å². The lowest BCUT2D eigenvalue weighted by Gasteiger charge is -2.10. The van der Waals surface area contributed by atoms with Gasteiger partial charge in [0.2, 0.25) is 6.79 Å². The number of hydrogen-bond donors (Lipinski definition) is 0. The summed E-state index contributed by atoms with van der Waals surface area (Å²) >= 11 is 1.31. The van der Waals surface area contributed by atoms with Crippen molar-refractivity contribution >= 4 is 29.3 Å². The number of carbonyl (C=O) groups is 3. The van der Waals surface area contributed by atoms with E-state index in [1.807, 2.05) is 0 Å². The number of hydrogen-bond acceptors (Lipinski definition) is 8. The highest BCUT2D eigenvalue weighted by molar-refractivity contribution is 7.99. The molecule has 0 saturated carbocycles. The molecule has 8 heteroatoms. The van der Waals surface area contributed by atoms with Gasteiger partial charge >= 0.3 is 5.97 Å². The molecule has 0 saturated heterocycles. The maximum atomic E-state index is 12.2. The molecule has 0 aromatic heterocycles. The summed E-state index contributed by atoms with van der Waals surface area (Å²) in [7, 11) is 1.55. The molecular weight excluding hydrogens is 396 g/mol. The zero-order valence-electron chi connectivity index (χ0n) is 16.1. The summed E-state index contributed by atoms with van der Waals surface area (Å²) in [5.74, 6) is 1.41. The first-order valence-corrected chi connectivity index (χ1v) is 9.97. The van der Waals surface area contributed by atoms with Crippen LogP contribution < -0.4 is 14.2 Å². The van der Waals surface area contributed by atoms with E-state index in [1.54, 1.807) is 43.5 Å². The standard InChI is InChI=1S/C21H20O7S/c1-13(22)14-3-5-18(25-2)16(7-14)10-29-11-21(24)26-9-17(23)15-4-6-19-20(8-15)28-12-27-19/h3-8H,9-12H2,1-2H3. The molecule has 1 aliphatic heterocycles. The minimum absolute atomic E-state index is 0.0413. The molecule has 1 aliphatic rings. The number of Topliss-reactive ketones (excluding diaryl/α,β-unsaturated/α-hetero) is 2. The minimum atomic E-state index is -0.495. The van der Waals surface area contributed by atoms with Crippen LogP contribution in [0.3, 0.4) is 0 Å². The Morgan fingerprint density at radius 3 is 2.55 bits per heavy atom. The number of carbonyl (C=O) groups excluding carboxylic acids is 3. The molecule has 0 N–H and O–H groups in total. The van der Waals surface area contributed by atoms with Crippen LogP contribution in [0.5, 0.6) is 17.2 Å². The molecule has 7 nitrogen and oxygen atoms in total. The van der Waals surface area contributed by atoms with Crippen LogP contribution in [0.25, 0.3) is 0 Å². The molecule has 29 heavy (non-hydrogen) atoms. The van der Waals surface area contributed by atoms with Gasteiger partial charge in [-0.05, 0) is 43.3 Å². The third-order valence-corrected chi connectivity index (χ3v) is 5.18. The SMILES string of the molecule is COc1ccc(C(C)=O)cc1CSCC(=O)OCC(=O)c1ccc2c(c1)OCO2. The second-order valence-corrected chi connectivity index (χ2v) is 7.21. The Morgan fingerprint density at radius 1 is 1.03 bits per heavy atom. The Kier molecular flexibility index (Phi) is 6.77. The normalized spacial score (nSPS) is 11.8. The van der Waals surface area contributed by atoms with Crippen molar-refractivity contribution in [2.45, 2.75) is 12.7 Å². The molecule has 0 atom stereocenters. The maximum Gasteiger partial charge on any atom is 0.316 e. The second-order valence-electron chi connectivity index (χ2n) is 6.23. The van der Waals surface area contributed by atoms with Crippen molar-refractivity contribution in [2.75, 3.05) is 26.3 Å². The molecule has 2 aromatic rings. The highest BCUT2D eigenvalue weighted by Crippen LogP contribution is 2.32.